The first-order valence-electron chi connectivity index (χ1n) is 5.64. The molecule has 1 heterocycles. The summed E-state index contributed by atoms with van der Waals surface area (Å²) in [6.45, 7) is 4.04. The summed E-state index contributed by atoms with van der Waals surface area (Å²) in [4.78, 5) is 8.42. The molecule has 0 aliphatic rings. The molecule has 0 bridgehead atoms. The van der Waals surface area contributed by atoms with Gasteiger partial charge < -0.3 is 10.6 Å². The average molecular weight is 307 g/mol. The molecule has 1 aromatic heterocycles. The van der Waals surface area contributed by atoms with Crippen molar-refractivity contribution in [2.75, 3.05) is 17.7 Å². The standard InChI is InChI=1S/C13H15BrN4/c1-8-4-5-11(10(14)6-8)18-13-9(2)12(15-3)16-7-17-13/h4-7H,1-3H3,(H2,15,16,17,18). The molecule has 0 atom stereocenters. The number of nitrogens with zero attached hydrogens (tertiary/aromatic N) is 2. The van der Waals surface area contributed by atoms with E-state index in [0.717, 1.165) is 27.4 Å². The van der Waals surface area contributed by atoms with Crippen LogP contribution in [0.1, 0.15) is 11.1 Å². The van der Waals surface area contributed by atoms with E-state index in [0.29, 0.717) is 0 Å². The van der Waals surface area contributed by atoms with Crippen LogP contribution in [0.5, 0.6) is 0 Å². The van der Waals surface area contributed by atoms with E-state index in [1.54, 1.807) is 6.33 Å². The molecule has 1 aromatic carbocycles. The molecule has 5 heteroatoms. The van der Waals surface area contributed by atoms with Gasteiger partial charge in [-0.1, -0.05) is 6.07 Å². The largest absolute Gasteiger partial charge is 0.373 e. The van der Waals surface area contributed by atoms with Crippen molar-refractivity contribution in [3.63, 3.8) is 0 Å². The Hall–Kier alpha value is -1.62. The Bertz CT molecular complexity index is 569. The van der Waals surface area contributed by atoms with Crippen LogP contribution in [0.3, 0.4) is 0 Å². The fraction of sp³-hybridized carbons (Fsp3) is 0.231. The van der Waals surface area contributed by atoms with Crippen molar-refractivity contribution in [3.05, 3.63) is 40.1 Å². The molecule has 0 radical (unpaired) electrons. The molecule has 4 nitrogen and oxygen atoms in total. The fourth-order valence-electron chi connectivity index (χ4n) is 1.68. The molecule has 18 heavy (non-hydrogen) atoms. The first-order valence-corrected chi connectivity index (χ1v) is 6.43. The highest BCUT2D eigenvalue weighted by atomic mass is 79.9. The van der Waals surface area contributed by atoms with Gasteiger partial charge in [0.15, 0.2) is 0 Å². The first kappa shape index (κ1) is 12.8. The lowest BCUT2D eigenvalue weighted by atomic mass is 10.2. The van der Waals surface area contributed by atoms with Crippen LogP contribution in [-0.2, 0) is 0 Å². The molecular formula is C13H15BrN4. The SMILES string of the molecule is CNc1ncnc(Nc2ccc(C)cc2Br)c1C. The van der Waals surface area contributed by atoms with Gasteiger partial charge in [0.2, 0.25) is 0 Å². The van der Waals surface area contributed by atoms with Crippen LogP contribution in [0.15, 0.2) is 29.0 Å². The summed E-state index contributed by atoms with van der Waals surface area (Å²) in [7, 11) is 1.85. The minimum atomic E-state index is 0.805. The lowest BCUT2D eigenvalue weighted by Gasteiger charge is -2.12. The third-order valence-corrected chi connectivity index (χ3v) is 3.35. The van der Waals surface area contributed by atoms with Crippen LogP contribution in [0, 0.1) is 13.8 Å². The molecule has 0 spiro atoms. The number of nitrogens with one attached hydrogen (secondary N) is 2. The molecule has 0 amide bonds. The second-order valence-corrected chi connectivity index (χ2v) is 4.91. The van der Waals surface area contributed by atoms with Crippen LogP contribution < -0.4 is 10.6 Å². The Balaban J connectivity index is 2.34. The molecule has 2 N–H and O–H groups in total. The molecule has 0 aliphatic heterocycles. The zero-order valence-corrected chi connectivity index (χ0v) is 12.2. The molecule has 0 fully saturated rings. The molecule has 94 valence electrons. The summed E-state index contributed by atoms with van der Waals surface area (Å²) < 4.78 is 1.02. The first-order chi connectivity index (χ1) is 8.61. The van der Waals surface area contributed by atoms with Gasteiger partial charge in [-0.3, -0.25) is 0 Å². The van der Waals surface area contributed by atoms with E-state index in [9.17, 15) is 0 Å². The van der Waals surface area contributed by atoms with Crippen LogP contribution >= 0.6 is 15.9 Å². The predicted octanol–water partition coefficient (Wildman–Crippen LogP) is 3.64. The molecular weight excluding hydrogens is 292 g/mol. The van der Waals surface area contributed by atoms with Crippen molar-refractivity contribution in [1.29, 1.82) is 0 Å². The maximum Gasteiger partial charge on any atom is 0.138 e. The number of aromatic nitrogens is 2. The summed E-state index contributed by atoms with van der Waals surface area (Å²) in [5.74, 6) is 1.63. The predicted molar refractivity (Wildman–Crippen MR) is 78.5 cm³/mol. The Kier molecular flexibility index (Phi) is 3.81. The number of rotatable bonds is 3. The number of hydrogen-bond donors (Lipinski definition) is 2. The molecule has 0 saturated heterocycles. The Morgan fingerprint density at radius 2 is 1.83 bits per heavy atom. The number of hydrogen-bond acceptors (Lipinski definition) is 4. The highest BCUT2D eigenvalue weighted by Gasteiger charge is 2.07. The smallest absolute Gasteiger partial charge is 0.138 e. The lowest BCUT2D eigenvalue weighted by Crippen LogP contribution is -2.02. The van der Waals surface area contributed by atoms with Crippen molar-refractivity contribution >= 4 is 33.3 Å². The quantitative estimate of drug-likeness (QED) is 0.909. The minimum Gasteiger partial charge on any atom is -0.373 e. The van der Waals surface area contributed by atoms with E-state index in [1.165, 1.54) is 5.56 Å². The fourth-order valence-corrected chi connectivity index (χ4v) is 2.27. The van der Waals surface area contributed by atoms with Gasteiger partial charge >= 0.3 is 0 Å². The second-order valence-electron chi connectivity index (χ2n) is 4.05. The van der Waals surface area contributed by atoms with Crippen LogP contribution in [-0.4, -0.2) is 17.0 Å². The van der Waals surface area contributed by atoms with Crippen molar-refractivity contribution in [1.82, 2.24) is 9.97 Å². The second kappa shape index (κ2) is 5.35. The van der Waals surface area contributed by atoms with E-state index in [4.69, 9.17) is 0 Å². The average Bonchev–Trinajstić information content (AvgIpc) is 2.35. The van der Waals surface area contributed by atoms with Crippen LogP contribution in [0.25, 0.3) is 0 Å². The van der Waals surface area contributed by atoms with E-state index < -0.39 is 0 Å². The normalized spacial score (nSPS) is 10.2. The summed E-state index contributed by atoms with van der Waals surface area (Å²) in [6.07, 6.45) is 1.54. The van der Waals surface area contributed by atoms with Crippen LogP contribution in [0.4, 0.5) is 17.3 Å². The van der Waals surface area contributed by atoms with Gasteiger partial charge in [0.05, 0.1) is 5.69 Å². The lowest BCUT2D eigenvalue weighted by molar-refractivity contribution is 1.12. The van der Waals surface area contributed by atoms with Crippen LogP contribution in [0.2, 0.25) is 0 Å². The van der Waals surface area contributed by atoms with Crippen molar-refractivity contribution < 1.29 is 0 Å². The van der Waals surface area contributed by atoms with Gasteiger partial charge in [-0.15, -0.1) is 0 Å². The number of halogens is 1. The van der Waals surface area contributed by atoms with Gasteiger partial charge in [-0.2, -0.15) is 0 Å². The molecule has 2 aromatic rings. The summed E-state index contributed by atoms with van der Waals surface area (Å²) in [6, 6.07) is 6.15. The van der Waals surface area contributed by atoms with Gasteiger partial charge in [0.1, 0.15) is 18.0 Å². The molecule has 0 unspecified atom stereocenters. The summed E-state index contributed by atoms with van der Waals surface area (Å²) in [5, 5.41) is 6.35. The van der Waals surface area contributed by atoms with Gasteiger partial charge in [0.25, 0.3) is 0 Å². The Labute approximate surface area is 115 Å². The number of aryl methyl sites for hydroxylation is 1. The zero-order chi connectivity index (χ0) is 13.1. The highest BCUT2D eigenvalue weighted by molar-refractivity contribution is 9.10. The maximum absolute atomic E-state index is 4.26. The monoisotopic (exact) mass is 306 g/mol. The maximum atomic E-state index is 4.26. The van der Waals surface area contributed by atoms with Gasteiger partial charge in [-0.25, -0.2) is 9.97 Å². The van der Waals surface area contributed by atoms with Crippen molar-refractivity contribution in [3.8, 4) is 0 Å². The Morgan fingerprint density at radius 1 is 1.11 bits per heavy atom. The van der Waals surface area contributed by atoms with E-state index in [1.807, 2.05) is 20.0 Å². The third-order valence-electron chi connectivity index (χ3n) is 2.70. The molecule has 2 rings (SSSR count). The zero-order valence-electron chi connectivity index (χ0n) is 10.6. The summed E-state index contributed by atoms with van der Waals surface area (Å²) in [5.41, 5.74) is 3.19. The Morgan fingerprint density at radius 3 is 2.50 bits per heavy atom. The number of benzene rings is 1. The molecule has 0 saturated carbocycles. The summed E-state index contributed by atoms with van der Waals surface area (Å²) >= 11 is 3.54. The van der Waals surface area contributed by atoms with Crippen molar-refractivity contribution in [2.45, 2.75) is 13.8 Å². The van der Waals surface area contributed by atoms with E-state index in [2.05, 4.69) is 55.6 Å². The van der Waals surface area contributed by atoms with E-state index in [-0.39, 0.29) is 0 Å². The van der Waals surface area contributed by atoms with E-state index >= 15 is 0 Å². The third kappa shape index (κ3) is 2.61. The molecule has 0 aliphatic carbocycles. The van der Waals surface area contributed by atoms with Crippen molar-refractivity contribution in [2.24, 2.45) is 0 Å². The highest BCUT2D eigenvalue weighted by Crippen LogP contribution is 2.28. The minimum absolute atomic E-state index is 0.805. The van der Waals surface area contributed by atoms with Gasteiger partial charge in [0, 0.05) is 17.1 Å². The van der Waals surface area contributed by atoms with Gasteiger partial charge in [-0.05, 0) is 47.5 Å². The number of anilines is 3. The topological polar surface area (TPSA) is 49.8 Å².